The van der Waals surface area contributed by atoms with Crippen molar-refractivity contribution in [3.8, 4) is 11.5 Å². The molecule has 2 amide bonds. The van der Waals surface area contributed by atoms with Gasteiger partial charge >= 0.3 is 6.09 Å². The number of methoxy groups -OCH3 is 2. The molecule has 1 heterocycles. The van der Waals surface area contributed by atoms with Gasteiger partial charge in [-0.05, 0) is 38.2 Å². The van der Waals surface area contributed by atoms with Gasteiger partial charge in [0, 0.05) is 37.3 Å². The monoisotopic (exact) mass is 560 g/mol. The Balaban J connectivity index is 2.66. The molecule has 0 saturated heterocycles. The van der Waals surface area contributed by atoms with Gasteiger partial charge in [0.25, 0.3) is 5.91 Å². The number of fused-ring (bicyclic) bond motifs is 2. The van der Waals surface area contributed by atoms with E-state index >= 15 is 0 Å². The maximum Gasteiger partial charge on any atom is 0.405 e. The molecule has 220 valence electrons. The van der Waals surface area contributed by atoms with E-state index in [0.29, 0.717) is 18.3 Å². The van der Waals surface area contributed by atoms with Crippen LogP contribution in [0.4, 0.5) is 10.5 Å². The SMILES string of the molecule is CO[C@H]1C=CC=C(C)C(=O)Nc2cc(O)c(C=O)c(c2O)C[C@@H](C)C[C@H](OC)[C@H](O)[C@@H](C)C=C(C)[C@@H]1OC(N)=O. The summed E-state index contributed by atoms with van der Waals surface area (Å²) in [4.78, 5) is 36.3. The van der Waals surface area contributed by atoms with Crippen molar-refractivity contribution in [2.75, 3.05) is 19.5 Å². The van der Waals surface area contributed by atoms with Crippen LogP contribution in [0.5, 0.6) is 11.5 Å². The predicted octanol–water partition coefficient (Wildman–Crippen LogP) is 3.37. The molecule has 11 heteroatoms. The average molecular weight is 561 g/mol. The van der Waals surface area contributed by atoms with E-state index in [4.69, 9.17) is 19.9 Å². The molecule has 0 saturated carbocycles. The van der Waals surface area contributed by atoms with Gasteiger partial charge in [-0.2, -0.15) is 0 Å². The van der Waals surface area contributed by atoms with Gasteiger partial charge in [-0.15, -0.1) is 0 Å². The number of aldehydes is 1. The summed E-state index contributed by atoms with van der Waals surface area (Å²) >= 11 is 0. The van der Waals surface area contributed by atoms with Crippen LogP contribution in [0.2, 0.25) is 0 Å². The first-order valence-corrected chi connectivity index (χ1v) is 12.9. The molecule has 0 fully saturated rings. The van der Waals surface area contributed by atoms with Gasteiger partial charge in [0.1, 0.15) is 17.6 Å². The Hall–Kier alpha value is -3.67. The largest absolute Gasteiger partial charge is 0.507 e. The van der Waals surface area contributed by atoms with E-state index in [0.717, 1.165) is 6.07 Å². The summed E-state index contributed by atoms with van der Waals surface area (Å²) in [5, 5.41) is 35.2. The number of ether oxygens (including phenoxy) is 3. The summed E-state index contributed by atoms with van der Waals surface area (Å²) in [5.41, 5.74) is 6.16. The fraction of sp³-hybridized carbons (Fsp3) is 0.483. The Morgan fingerprint density at radius 3 is 2.42 bits per heavy atom. The Morgan fingerprint density at radius 1 is 1.18 bits per heavy atom. The molecule has 0 radical (unpaired) electrons. The third kappa shape index (κ3) is 8.17. The quantitative estimate of drug-likeness (QED) is 0.160. The minimum atomic E-state index is -1.01. The number of anilines is 1. The van der Waals surface area contributed by atoms with Gasteiger partial charge in [0.2, 0.25) is 0 Å². The molecule has 0 aliphatic carbocycles. The molecule has 1 aromatic carbocycles. The first-order valence-electron chi connectivity index (χ1n) is 12.9. The fourth-order valence-electron chi connectivity index (χ4n) is 4.76. The Kier molecular flexibility index (Phi) is 11.9. The minimum Gasteiger partial charge on any atom is -0.507 e. The van der Waals surface area contributed by atoms with E-state index in [1.165, 1.54) is 20.3 Å². The smallest absolute Gasteiger partial charge is 0.405 e. The number of phenols is 2. The van der Waals surface area contributed by atoms with Crippen molar-refractivity contribution in [3.63, 3.8) is 0 Å². The van der Waals surface area contributed by atoms with Crippen molar-refractivity contribution in [1.82, 2.24) is 0 Å². The van der Waals surface area contributed by atoms with Gasteiger partial charge in [0.15, 0.2) is 12.4 Å². The third-order valence-corrected chi connectivity index (χ3v) is 6.99. The number of phenolic OH excluding ortho intramolecular Hbond substituents is 2. The Morgan fingerprint density at radius 2 is 1.85 bits per heavy atom. The molecule has 2 rings (SSSR count). The zero-order valence-corrected chi connectivity index (χ0v) is 23.7. The van der Waals surface area contributed by atoms with Gasteiger partial charge in [-0.25, -0.2) is 4.79 Å². The maximum absolute atomic E-state index is 12.9. The predicted molar refractivity (Wildman–Crippen MR) is 149 cm³/mol. The number of carbonyl (C=O) groups is 3. The van der Waals surface area contributed by atoms with Gasteiger partial charge in [-0.3, -0.25) is 9.59 Å². The number of aromatic hydroxyl groups is 2. The molecule has 1 aliphatic heterocycles. The summed E-state index contributed by atoms with van der Waals surface area (Å²) in [6.07, 6.45) is 2.97. The lowest BCUT2D eigenvalue weighted by Crippen LogP contribution is -2.37. The lowest BCUT2D eigenvalue weighted by Gasteiger charge is -2.29. The van der Waals surface area contributed by atoms with E-state index < -0.39 is 48.1 Å². The fourth-order valence-corrected chi connectivity index (χ4v) is 4.76. The summed E-state index contributed by atoms with van der Waals surface area (Å²) in [5.74, 6) is -1.98. The second-order valence-electron chi connectivity index (χ2n) is 10.1. The van der Waals surface area contributed by atoms with Gasteiger partial charge < -0.3 is 40.6 Å². The highest BCUT2D eigenvalue weighted by molar-refractivity contribution is 6.05. The zero-order chi connectivity index (χ0) is 30.1. The highest BCUT2D eigenvalue weighted by Gasteiger charge is 2.30. The number of benzene rings is 1. The van der Waals surface area contributed by atoms with Crippen LogP contribution in [0.1, 0.15) is 50.0 Å². The number of carbonyl (C=O) groups excluding carboxylic acids is 3. The average Bonchev–Trinajstić information content (AvgIpc) is 2.90. The normalized spacial score (nSPS) is 26.8. The number of aliphatic hydroxyl groups is 1. The summed E-state index contributed by atoms with van der Waals surface area (Å²) in [6, 6.07) is 1.11. The molecular weight excluding hydrogens is 520 g/mol. The van der Waals surface area contributed by atoms with Crippen LogP contribution < -0.4 is 11.1 Å². The number of hydrogen-bond acceptors (Lipinski definition) is 9. The highest BCUT2D eigenvalue weighted by Crippen LogP contribution is 2.38. The first-order chi connectivity index (χ1) is 18.8. The van der Waals surface area contributed by atoms with E-state index in [9.17, 15) is 29.7 Å². The Labute approximate surface area is 234 Å². The third-order valence-electron chi connectivity index (χ3n) is 6.99. The molecule has 11 nitrogen and oxygen atoms in total. The van der Waals surface area contributed by atoms with Crippen LogP contribution in [0.3, 0.4) is 0 Å². The van der Waals surface area contributed by atoms with E-state index in [1.807, 2.05) is 6.92 Å². The molecule has 0 spiro atoms. The van der Waals surface area contributed by atoms with Crippen molar-refractivity contribution < 1.29 is 43.9 Å². The number of allylic oxidation sites excluding steroid dienone is 2. The molecule has 0 unspecified atom stereocenters. The van der Waals surface area contributed by atoms with Crippen LogP contribution in [0.25, 0.3) is 0 Å². The van der Waals surface area contributed by atoms with Gasteiger partial charge in [-0.1, -0.05) is 38.2 Å². The molecule has 1 aliphatic rings. The molecular formula is C29H40N2O9. The second-order valence-corrected chi connectivity index (χ2v) is 10.1. The lowest BCUT2D eigenvalue weighted by molar-refractivity contribution is -0.112. The van der Waals surface area contributed by atoms with Crippen molar-refractivity contribution in [3.05, 3.63) is 52.6 Å². The van der Waals surface area contributed by atoms with Crippen molar-refractivity contribution in [1.29, 1.82) is 0 Å². The molecule has 0 aromatic heterocycles. The summed E-state index contributed by atoms with van der Waals surface area (Å²) < 4.78 is 16.5. The standard InChI is InChI=1S/C29H40N2O9/c1-15-10-19-20(14-32)22(33)13-21(26(19)35)31-28(36)16(2)8-7-9-23(38-5)27(40-29(30)37)18(4)12-17(3)25(34)24(11-15)39-6/h7-9,12-15,17,23-25,27,33-35H,10-11H2,1-6H3,(H2,30,37)(H,31,36)/t15-,17+,23+,24+,25-,27+/m1/s1. The van der Waals surface area contributed by atoms with Crippen molar-refractivity contribution in [2.24, 2.45) is 17.6 Å². The van der Waals surface area contributed by atoms with E-state index in [1.54, 1.807) is 39.0 Å². The number of primary amides is 1. The number of nitrogens with one attached hydrogen (secondary N) is 1. The number of hydrogen-bond donors (Lipinski definition) is 5. The Bertz CT molecular complexity index is 1170. The topological polar surface area (TPSA) is 178 Å². The minimum absolute atomic E-state index is 0.0635. The summed E-state index contributed by atoms with van der Waals surface area (Å²) in [6.45, 7) is 6.90. The molecule has 40 heavy (non-hydrogen) atoms. The lowest BCUT2D eigenvalue weighted by atomic mass is 9.87. The first kappa shape index (κ1) is 32.5. The second kappa shape index (κ2) is 14.6. The number of amides is 2. The molecule has 2 bridgehead atoms. The molecule has 1 aromatic rings. The van der Waals surface area contributed by atoms with Gasteiger partial charge in [0.05, 0.1) is 23.5 Å². The van der Waals surface area contributed by atoms with E-state index in [2.05, 4.69) is 5.32 Å². The number of nitrogens with two attached hydrogens (primary N) is 1. The molecule has 6 N–H and O–H groups in total. The van der Waals surface area contributed by atoms with Crippen LogP contribution in [0, 0.1) is 11.8 Å². The maximum atomic E-state index is 12.9. The zero-order valence-electron chi connectivity index (χ0n) is 23.7. The van der Waals surface area contributed by atoms with Crippen molar-refractivity contribution >= 4 is 24.0 Å². The van der Waals surface area contributed by atoms with Crippen LogP contribution in [-0.2, 0) is 25.4 Å². The highest BCUT2D eigenvalue weighted by atomic mass is 16.6. The van der Waals surface area contributed by atoms with Crippen LogP contribution >= 0.6 is 0 Å². The van der Waals surface area contributed by atoms with Crippen LogP contribution in [-0.4, -0.2) is 72.2 Å². The molecule has 6 atom stereocenters. The van der Waals surface area contributed by atoms with Crippen molar-refractivity contribution in [2.45, 2.75) is 65.0 Å². The van der Waals surface area contributed by atoms with E-state index in [-0.39, 0.29) is 40.5 Å². The van der Waals surface area contributed by atoms with Crippen LogP contribution in [0.15, 0.2) is 41.5 Å². The summed E-state index contributed by atoms with van der Waals surface area (Å²) in [7, 11) is 2.89. The number of rotatable bonds is 4. The number of aliphatic hydroxyl groups excluding tert-OH is 1.